The van der Waals surface area contributed by atoms with Crippen molar-refractivity contribution in [3.05, 3.63) is 34.9 Å². The number of carboxylic acids is 1. The first-order valence-electron chi connectivity index (χ1n) is 8.47. The summed E-state index contributed by atoms with van der Waals surface area (Å²) in [4.78, 5) is 26.2. The van der Waals surface area contributed by atoms with E-state index in [2.05, 4.69) is 0 Å². The van der Waals surface area contributed by atoms with Crippen molar-refractivity contribution in [1.29, 1.82) is 0 Å². The second-order valence-electron chi connectivity index (χ2n) is 6.80. The van der Waals surface area contributed by atoms with E-state index >= 15 is 0 Å². The Kier molecular flexibility index (Phi) is 5.04. The zero-order valence-corrected chi connectivity index (χ0v) is 14.7. The van der Waals surface area contributed by atoms with Crippen LogP contribution in [0, 0.1) is 0 Å². The summed E-state index contributed by atoms with van der Waals surface area (Å²) in [5.41, 5.74) is -1.71. The van der Waals surface area contributed by atoms with E-state index in [1.54, 1.807) is 11.0 Å². The van der Waals surface area contributed by atoms with E-state index in [4.69, 9.17) is 21.4 Å². The molecule has 2 aliphatic rings. The van der Waals surface area contributed by atoms with Gasteiger partial charge in [-0.3, -0.25) is 4.79 Å². The van der Waals surface area contributed by atoms with Gasteiger partial charge >= 0.3 is 5.97 Å². The Labute approximate surface area is 151 Å². The van der Waals surface area contributed by atoms with Crippen LogP contribution in [0.15, 0.2) is 24.3 Å². The van der Waals surface area contributed by atoms with Gasteiger partial charge in [-0.2, -0.15) is 0 Å². The maximum absolute atomic E-state index is 13.4. The molecule has 0 atom stereocenters. The highest BCUT2D eigenvalue weighted by atomic mass is 35.5. The predicted molar refractivity (Wildman–Crippen MR) is 91.6 cm³/mol. The molecule has 1 aromatic carbocycles. The number of hydrogen-bond donors (Lipinski definition) is 2. The molecule has 0 spiro atoms. The van der Waals surface area contributed by atoms with Crippen molar-refractivity contribution in [2.45, 2.75) is 36.7 Å². The topological polar surface area (TPSA) is 87.1 Å². The number of likely N-dealkylation sites (tertiary alicyclic amines) is 1. The molecule has 25 heavy (non-hydrogen) atoms. The highest BCUT2D eigenvalue weighted by Crippen LogP contribution is 2.41. The summed E-state index contributed by atoms with van der Waals surface area (Å²) in [5, 5.41) is 19.8. The van der Waals surface area contributed by atoms with Crippen molar-refractivity contribution in [2.24, 2.45) is 0 Å². The van der Waals surface area contributed by atoms with Crippen LogP contribution in [-0.4, -0.2) is 58.9 Å². The molecule has 1 amide bonds. The SMILES string of the molecule is O=C(O)C1(O)CCN(C(=O)C2(c3ccccc3Cl)CCOCC2)CC1. The number of carbonyl (C=O) groups excluding carboxylic acids is 1. The molecule has 1 aromatic rings. The van der Waals surface area contributed by atoms with Gasteiger partial charge in [0.25, 0.3) is 0 Å². The average molecular weight is 368 g/mol. The lowest BCUT2D eigenvalue weighted by atomic mass is 9.72. The molecule has 2 saturated heterocycles. The van der Waals surface area contributed by atoms with Crippen LogP contribution in [0.2, 0.25) is 5.02 Å². The van der Waals surface area contributed by atoms with Gasteiger partial charge in [0.1, 0.15) is 0 Å². The fourth-order valence-electron chi connectivity index (χ4n) is 3.76. The molecule has 2 aliphatic heterocycles. The molecule has 0 aromatic heterocycles. The molecule has 6 nitrogen and oxygen atoms in total. The molecular weight excluding hydrogens is 346 g/mol. The number of amides is 1. The third kappa shape index (κ3) is 3.26. The number of aliphatic hydroxyl groups is 1. The second-order valence-corrected chi connectivity index (χ2v) is 7.21. The monoisotopic (exact) mass is 367 g/mol. The van der Waals surface area contributed by atoms with E-state index in [-0.39, 0.29) is 31.8 Å². The maximum atomic E-state index is 13.4. The number of rotatable bonds is 3. The molecular formula is C18H22ClNO5. The van der Waals surface area contributed by atoms with Crippen LogP contribution in [0.25, 0.3) is 0 Å². The summed E-state index contributed by atoms with van der Waals surface area (Å²) < 4.78 is 5.46. The van der Waals surface area contributed by atoms with Crippen LogP contribution in [-0.2, 0) is 19.7 Å². The zero-order chi connectivity index (χ0) is 18.1. The molecule has 0 unspecified atom stereocenters. The van der Waals surface area contributed by atoms with E-state index in [1.807, 2.05) is 18.2 Å². The number of benzene rings is 1. The number of ether oxygens (including phenoxy) is 1. The van der Waals surface area contributed by atoms with Crippen LogP contribution in [0.4, 0.5) is 0 Å². The Balaban J connectivity index is 1.87. The van der Waals surface area contributed by atoms with Gasteiger partial charge in [0.15, 0.2) is 5.60 Å². The number of halogens is 1. The standard InChI is InChI=1S/C18H22ClNO5/c19-14-4-2-1-3-13(14)17(7-11-25-12-8-17)15(21)20-9-5-18(24,6-10-20)16(22)23/h1-4,24H,5-12H2,(H,22,23). The molecule has 7 heteroatoms. The van der Waals surface area contributed by atoms with E-state index in [1.165, 1.54) is 0 Å². The Morgan fingerprint density at radius 3 is 2.24 bits per heavy atom. The van der Waals surface area contributed by atoms with Crippen LogP contribution >= 0.6 is 11.6 Å². The molecule has 0 saturated carbocycles. The maximum Gasteiger partial charge on any atom is 0.335 e. The lowest BCUT2D eigenvalue weighted by Gasteiger charge is -2.43. The van der Waals surface area contributed by atoms with E-state index < -0.39 is 17.0 Å². The van der Waals surface area contributed by atoms with Gasteiger partial charge in [-0.15, -0.1) is 0 Å². The van der Waals surface area contributed by atoms with Gasteiger partial charge < -0.3 is 19.8 Å². The minimum Gasteiger partial charge on any atom is -0.479 e. The van der Waals surface area contributed by atoms with E-state index in [0.29, 0.717) is 31.1 Å². The summed E-state index contributed by atoms with van der Waals surface area (Å²) in [5.74, 6) is -1.29. The number of nitrogens with zero attached hydrogens (tertiary/aromatic N) is 1. The van der Waals surface area contributed by atoms with Crippen LogP contribution in [0.5, 0.6) is 0 Å². The average Bonchev–Trinajstić information content (AvgIpc) is 2.62. The minimum atomic E-state index is -1.75. The number of carbonyl (C=O) groups is 2. The predicted octanol–water partition coefficient (Wildman–Crippen LogP) is 1.83. The quantitative estimate of drug-likeness (QED) is 0.851. The third-order valence-corrected chi connectivity index (χ3v) is 5.75. The Hall–Kier alpha value is -1.63. The lowest BCUT2D eigenvalue weighted by Crippen LogP contribution is -2.56. The smallest absolute Gasteiger partial charge is 0.335 e. The van der Waals surface area contributed by atoms with Crippen molar-refractivity contribution >= 4 is 23.5 Å². The van der Waals surface area contributed by atoms with Crippen molar-refractivity contribution in [3.8, 4) is 0 Å². The molecule has 2 fully saturated rings. The van der Waals surface area contributed by atoms with Crippen molar-refractivity contribution in [1.82, 2.24) is 4.90 Å². The molecule has 136 valence electrons. The first kappa shape index (κ1) is 18.2. The molecule has 3 rings (SSSR count). The largest absolute Gasteiger partial charge is 0.479 e. The van der Waals surface area contributed by atoms with Crippen molar-refractivity contribution in [3.63, 3.8) is 0 Å². The van der Waals surface area contributed by atoms with Crippen molar-refractivity contribution < 1.29 is 24.5 Å². The van der Waals surface area contributed by atoms with Crippen molar-refractivity contribution in [2.75, 3.05) is 26.3 Å². The zero-order valence-electron chi connectivity index (χ0n) is 13.9. The van der Waals surface area contributed by atoms with Gasteiger partial charge in [-0.25, -0.2) is 4.79 Å². The molecule has 0 bridgehead atoms. The first-order valence-corrected chi connectivity index (χ1v) is 8.85. The molecule has 2 heterocycles. The Bertz CT molecular complexity index is 663. The lowest BCUT2D eigenvalue weighted by molar-refractivity contribution is -0.166. The number of hydrogen-bond acceptors (Lipinski definition) is 4. The highest BCUT2D eigenvalue weighted by molar-refractivity contribution is 6.31. The van der Waals surface area contributed by atoms with Gasteiger partial charge in [0.2, 0.25) is 5.91 Å². The van der Waals surface area contributed by atoms with E-state index in [0.717, 1.165) is 5.56 Å². The minimum absolute atomic E-state index is 0.0309. The summed E-state index contributed by atoms with van der Waals surface area (Å²) in [6.45, 7) is 1.39. The number of aliphatic carboxylic acids is 1. The first-order chi connectivity index (χ1) is 11.9. The van der Waals surface area contributed by atoms with Crippen LogP contribution < -0.4 is 0 Å². The summed E-state index contributed by atoms with van der Waals surface area (Å²) in [6, 6.07) is 7.35. The Morgan fingerprint density at radius 1 is 1.08 bits per heavy atom. The fourth-order valence-corrected chi connectivity index (χ4v) is 4.08. The number of carboxylic acid groups (broad SMARTS) is 1. The summed E-state index contributed by atoms with van der Waals surface area (Å²) >= 11 is 6.39. The molecule has 2 N–H and O–H groups in total. The van der Waals surface area contributed by atoms with Gasteiger partial charge in [-0.05, 0) is 24.5 Å². The molecule has 0 aliphatic carbocycles. The summed E-state index contributed by atoms with van der Waals surface area (Å²) in [7, 11) is 0. The van der Waals surface area contributed by atoms with Gasteiger partial charge in [0, 0.05) is 44.2 Å². The summed E-state index contributed by atoms with van der Waals surface area (Å²) in [6.07, 6.45) is 1.14. The Morgan fingerprint density at radius 2 is 1.68 bits per heavy atom. The third-order valence-electron chi connectivity index (χ3n) is 5.42. The van der Waals surface area contributed by atoms with E-state index in [9.17, 15) is 14.7 Å². The highest BCUT2D eigenvalue weighted by Gasteiger charge is 2.48. The van der Waals surface area contributed by atoms with Crippen LogP contribution in [0.3, 0.4) is 0 Å². The van der Waals surface area contributed by atoms with Crippen LogP contribution in [0.1, 0.15) is 31.2 Å². The fraction of sp³-hybridized carbons (Fsp3) is 0.556. The van der Waals surface area contributed by atoms with Gasteiger partial charge in [0.05, 0.1) is 5.41 Å². The van der Waals surface area contributed by atoms with Gasteiger partial charge in [-0.1, -0.05) is 29.8 Å². The number of piperidine rings is 1. The molecule has 0 radical (unpaired) electrons. The second kappa shape index (κ2) is 6.94. The normalized spacial score (nSPS) is 22.4.